The maximum absolute atomic E-state index is 13.7. The molecule has 186 valence electrons. The van der Waals surface area contributed by atoms with E-state index in [9.17, 15) is 22.8 Å². The van der Waals surface area contributed by atoms with Crippen LogP contribution in [-0.4, -0.2) is 47.7 Å². The van der Waals surface area contributed by atoms with Crippen LogP contribution in [0.4, 0.5) is 13.2 Å². The minimum absolute atomic E-state index is 0.00248. The number of carbonyl (C=O) groups excluding carboxylic acids is 2. The average Bonchev–Trinajstić information content (AvgIpc) is 3.48. The third-order valence-electron chi connectivity index (χ3n) is 6.53. The summed E-state index contributed by atoms with van der Waals surface area (Å²) >= 11 is 0. The molecular formula is C26H27F3N2O4. The van der Waals surface area contributed by atoms with E-state index in [0.717, 1.165) is 18.9 Å². The van der Waals surface area contributed by atoms with Crippen LogP contribution in [0.5, 0.6) is 0 Å². The lowest BCUT2D eigenvalue weighted by molar-refractivity contribution is -0.137. The lowest BCUT2D eigenvalue weighted by Crippen LogP contribution is -2.33. The lowest BCUT2D eigenvalue weighted by Gasteiger charge is -2.21. The molecule has 0 aliphatic carbocycles. The van der Waals surface area contributed by atoms with Gasteiger partial charge in [0.1, 0.15) is 0 Å². The molecule has 6 nitrogen and oxygen atoms in total. The highest BCUT2D eigenvalue weighted by Crippen LogP contribution is 2.37. The first-order valence-corrected chi connectivity index (χ1v) is 11.3. The number of amides is 1. The van der Waals surface area contributed by atoms with E-state index in [1.54, 1.807) is 39.0 Å². The summed E-state index contributed by atoms with van der Waals surface area (Å²) in [5.74, 6) is -1.01. The number of carbonyl (C=O) groups is 2. The van der Waals surface area contributed by atoms with Crippen LogP contribution in [0.15, 0.2) is 47.2 Å². The molecule has 35 heavy (non-hydrogen) atoms. The van der Waals surface area contributed by atoms with Crippen molar-refractivity contribution in [1.29, 1.82) is 0 Å². The fraction of sp³-hybridized carbons (Fsp3) is 0.385. The van der Waals surface area contributed by atoms with Crippen molar-refractivity contribution in [3.05, 3.63) is 69.7 Å². The van der Waals surface area contributed by atoms with Crippen LogP contribution in [0.25, 0.3) is 11.8 Å². The van der Waals surface area contributed by atoms with Crippen LogP contribution >= 0.6 is 0 Å². The lowest BCUT2D eigenvalue weighted by atomic mass is 10.0. The number of hydrogen-bond donors (Lipinski definition) is 0. The minimum atomic E-state index is -4.53. The number of aromatic nitrogens is 1. The number of nitrogens with zero attached hydrogens (tertiary/aromatic N) is 2. The molecule has 1 unspecified atom stereocenters. The number of para-hydroxylation sites is 1. The van der Waals surface area contributed by atoms with Gasteiger partial charge in [-0.25, -0.2) is 4.79 Å². The van der Waals surface area contributed by atoms with E-state index < -0.39 is 17.7 Å². The topological polar surface area (TPSA) is 60.8 Å². The molecule has 1 amide bonds. The summed E-state index contributed by atoms with van der Waals surface area (Å²) in [6, 6.07) is 7.05. The Kier molecular flexibility index (Phi) is 6.64. The Labute approximate surface area is 201 Å². The highest BCUT2D eigenvalue weighted by molar-refractivity contribution is 6.16. The number of hydrogen-bond acceptors (Lipinski definition) is 4. The van der Waals surface area contributed by atoms with Gasteiger partial charge in [-0.1, -0.05) is 12.1 Å². The zero-order valence-corrected chi connectivity index (χ0v) is 20.0. The molecule has 0 saturated carbocycles. The van der Waals surface area contributed by atoms with Gasteiger partial charge in [0.05, 0.1) is 42.2 Å². The molecule has 3 heterocycles. The van der Waals surface area contributed by atoms with Crippen molar-refractivity contribution >= 4 is 18.0 Å². The van der Waals surface area contributed by atoms with Crippen molar-refractivity contribution in [1.82, 2.24) is 9.47 Å². The third kappa shape index (κ3) is 4.52. The van der Waals surface area contributed by atoms with E-state index in [0.29, 0.717) is 35.8 Å². The Morgan fingerprint density at radius 3 is 2.57 bits per heavy atom. The van der Waals surface area contributed by atoms with Crippen LogP contribution in [0, 0.1) is 13.8 Å². The molecule has 1 saturated heterocycles. The molecule has 2 aromatic rings. The predicted octanol–water partition coefficient (Wildman–Crippen LogP) is 4.96. The largest absolute Gasteiger partial charge is 0.465 e. The smallest absolute Gasteiger partial charge is 0.418 e. The first kappa shape index (κ1) is 24.8. The van der Waals surface area contributed by atoms with Crippen molar-refractivity contribution in [3.63, 3.8) is 0 Å². The van der Waals surface area contributed by atoms with Crippen LogP contribution in [0.1, 0.15) is 42.3 Å². The van der Waals surface area contributed by atoms with Crippen molar-refractivity contribution in [2.45, 2.75) is 45.9 Å². The number of aryl methyl sites for hydroxylation is 1. The summed E-state index contributed by atoms with van der Waals surface area (Å²) in [5, 5.41) is 0. The minimum Gasteiger partial charge on any atom is -0.465 e. The van der Waals surface area contributed by atoms with E-state index in [2.05, 4.69) is 0 Å². The summed E-state index contributed by atoms with van der Waals surface area (Å²) in [6.07, 6.45) is -1.35. The normalized spacial score (nSPS) is 19.9. The van der Waals surface area contributed by atoms with E-state index in [1.165, 1.54) is 28.7 Å². The second kappa shape index (κ2) is 9.37. The second-order valence-corrected chi connectivity index (χ2v) is 8.74. The van der Waals surface area contributed by atoms with Gasteiger partial charge in [0.15, 0.2) is 0 Å². The number of alkyl halides is 3. The van der Waals surface area contributed by atoms with Crippen LogP contribution in [0.3, 0.4) is 0 Å². The number of benzene rings is 1. The molecule has 0 spiro atoms. The molecule has 0 N–H and O–H groups in total. The summed E-state index contributed by atoms with van der Waals surface area (Å²) in [5.41, 5.74) is 1.62. The van der Waals surface area contributed by atoms with Gasteiger partial charge in [-0.15, -0.1) is 0 Å². The Balaban J connectivity index is 1.79. The fourth-order valence-corrected chi connectivity index (χ4v) is 4.81. The van der Waals surface area contributed by atoms with Crippen molar-refractivity contribution < 1.29 is 32.2 Å². The van der Waals surface area contributed by atoms with E-state index in [1.807, 2.05) is 0 Å². The number of methoxy groups -OCH3 is 1. The van der Waals surface area contributed by atoms with Crippen molar-refractivity contribution in [3.8, 4) is 5.69 Å². The third-order valence-corrected chi connectivity index (χ3v) is 6.53. The first-order chi connectivity index (χ1) is 16.5. The molecule has 1 fully saturated rings. The molecule has 1 aromatic carbocycles. The van der Waals surface area contributed by atoms with Gasteiger partial charge in [-0.05, 0) is 63.5 Å². The molecule has 0 radical (unpaired) electrons. The molecule has 2 aliphatic rings. The maximum atomic E-state index is 13.7. The molecular weight excluding hydrogens is 461 g/mol. The Hall–Kier alpha value is -3.33. The fourth-order valence-electron chi connectivity index (χ4n) is 4.81. The van der Waals surface area contributed by atoms with Gasteiger partial charge >= 0.3 is 12.1 Å². The zero-order valence-electron chi connectivity index (χ0n) is 20.0. The number of allylic oxidation sites excluding steroid dienone is 1. The number of ether oxygens (including phenoxy) is 2. The number of esters is 1. The second-order valence-electron chi connectivity index (χ2n) is 8.74. The van der Waals surface area contributed by atoms with Gasteiger partial charge in [0.25, 0.3) is 5.91 Å². The molecule has 0 bridgehead atoms. The van der Waals surface area contributed by atoms with E-state index in [4.69, 9.17) is 9.47 Å². The van der Waals surface area contributed by atoms with Crippen LogP contribution in [-0.2, 0) is 25.2 Å². The van der Waals surface area contributed by atoms with Crippen molar-refractivity contribution in [2.75, 3.05) is 20.3 Å². The standard InChI is InChI=1S/C26H27F3N2O4/c1-15-12-18(16(2)31(15)22-10-6-5-9-21(22)26(27,28)29)13-20-23(25(33)34-4)17(3)30(24(20)32)14-19-8-7-11-35-19/h5-6,9-10,12-13,19H,7-8,11,14H2,1-4H3/b20-13-. The molecule has 1 atom stereocenters. The Morgan fingerprint density at radius 2 is 1.94 bits per heavy atom. The number of rotatable bonds is 5. The van der Waals surface area contributed by atoms with Crippen LogP contribution in [0.2, 0.25) is 0 Å². The molecule has 9 heteroatoms. The summed E-state index contributed by atoms with van der Waals surface area (Å²) < 4.78 is 53.1. The molecule has 4 rings (SSSR count). The number of halogens is 3. The van der Waals surface area contributed by atoms with Crippen molar-refractivity contribution in [2.24, 2.45) is 0 Å². The summed E-state index contributed by atoms with van der Waals surface area (Å²) in [7, 11) is 1.24. The van der Waals surface area contributed by atoms with Gasteiger partial charge in [-0.2, -0.15) is 13.2 Å². The SMILES string of the molecule is COC(=O)C1=C(C)N(CC2CCCO2)C(=O)/C1=C\c1cc(C)n(-c2ccccc2C(F)(F)F)c1C. The Bertz CT molecular complexity index is 1230. The maximum Gasteiger partial charge on any atom is 0.418 e. The Morgan fingerprint density at radius 1 is 1.23 bits per heavy atom. The molecule has 2 aliphatic heterocycles. The quantitative estimate of drug-likeness (QED) is 0.441. The predicted molar refractivity (Wildman–Crippen MR) is 124 cm³/mol. The van der Waals surface area contributed by atoms with Gasteiger partial charge in [-0.3, -0.25) is 4.79 Å². The highest BCUT2D eigenvalue weighted by atomic mass is 19.4. The van der Waals surface area contributed by atoms with Crippen LogP contribution < -0.4 is 0 Å². The van der Waals surface area contributed by atoms with Gasteiger partial charge in [0.2, 0.25) is 0 Å². The monoisotopic (exact) mass is 488 g/mol. The average molecular weight is 489 g/mol. The van der Waals surface area contributed by atoms with Gasteiger partial charge in [0, 0.05) is 23.7 Å². The van der Waals surface area contributed by atoms with E-state index in [-0.39, 0.29) is 28.8 Å². The summed E-state index contributed by atoms with van der Waals surface area (Å²) in [4.78, 5) is 27.5. The molecule has 1 aromatic heterocycles. The van der Waals surface area contributed by atoms with E-state index >= 15 is 0 Å². The van der Waals surface area contributed by atoms with Gasteiger partial charge < -0.3 is 18.9 Å². The first-order valence-electron chi connectivity index (χ1n) is 11.3. The zero-order chi connectivity index (χ0) is 25.5. The highest BCUT2D eigenvalue weighted by Gasteiger charge is 2.39. The summed E-state index contributed by atoms with van der Waals surface area (Å²) in [6.45, 7) is 6.02.